The van der Waals surface area contributed by atoms with Crippen molar-refractivity contribution in [1.29, 1.82) is 0 Å². The van der Waals surface area contributed by atoms with Crippen molar-refractivity contribution in [3.05, 3.63) is 46.9 Å². The van der Waals surface area contributed by atoms with E-state index >= 15 is 0 Å². The molecule has 1 N–H and O–H groups in total. The van der Waals surface area contributed by atoms with E-state index in [9.17, 15) is 9.59 Å². The quantitative estimate of drug-likeness (QED) is 0.941. The fourth-order valence-electron chi connectivity index (χ4n) is 2.00. The lowest BCUT2D eigenvalue weighted by molar-refractivity contribution is 0.0827. The molecule has 0 aliphatic carbocycles. The molecule has 22 heavy (non-hydrogen) atoms. The summed E-state index contributed by atoms with van der Waals surface area (Å²) in [6.45, 7) is 2.55. The summed E-state index contributed by atoms with van der Waals surface area (Å²) < 4.78 is 1.74. The summed E-state index contributed by atoms with van der Waals surface area (Å²) in [7, 11) is 3.33. The highest BCUT2D eigenvalue weighted by Gasteiger charge is 2.14. The molecule has 0 spiro atoms. The van der Waals surface area contributed by atoms with E-state index in [1.807, 2.05) is 6.92 Å². The summed E-state index contributed by atoms with van der Waals surface area (Å²) in [5.74, 6) is -0.161. The van der Waals surface area contributed by atoms with Crippen molar-refractivity contribution < 1.29 is 9.59 Å². The number of halogens is 1. The average molecular weight is 321 g/mol. The molecule has 2 aromatic rings. The Bertz CT molecular complexity index is 709. The van der Waals surface area contributed by atoms with Crippen LogP contribution in [-0.2, 0) is 6.54 Å². The second kappa shape index (κ2) is 6.62. The topological polar surface area (TPSA) is 67.2 Å². The van der Waals surface area contributed by atoms with E-state index in [4.69, 9.17) is 11.6 Å². The molecule has 0 aliphatic heterocycles. The number of carbonyl (C=O) groups is 2. The van der Waals surface area contributed by atoms with Crippen LogP contribution in [0.15, 0.2) is 30.6 Å². The number of hydrogen-bond acceptors (Lipinski definition) is 3. The van der Waals surface area contributed by atoms with E-state index in [-0.39, 0.29) is 11.8 Å². The highest BCUT2D eigenvalue weighted by molar-refractivity contribution is 6.31. The smallest absolute Gasteiger partial charge is 0.273 e. The SMILES string of the molecule is CCn1cc(Cl)cc1C(=O)Nc1cc(C(=O)N(C)C)ccn1. The van der Waals surface area contributed by atoms with Gasteiger partial charge >= 0.3 is 0 Å². The van der Waals surface area contributed by atoms with Gasteiger partial charge < -0.3 is 14.8 Å². The van der Waals surface area contributed by atoms with Gasteiger partial charge in [-0.3, -0.25) is 9.59 Å². The third-order valence-electron chi connectivity index (χ3n) is 3.09. The normalized spacial score (nSPS) is 10.4. The molecule has 0 aliphatic rings. The Morgan fingerprint density at radius 2 is 2.09 bits per heavy atom. The molecule has 0 saturated carbocycles. The van der Waals surface area contributed by atoms with Gasteiger partial charge in [0, 0.05) is 38.6 Å². The summed E-state index contributed by atoms with van der Waals surface area (Å²) in [6.07, 6.45) is 3.17. The number of nitrogens with zero attached hydrogens (tertiary/aromatic N) is 3. The van der Waals surface area contributed by atoms with E-state index in [2.05, 4.69) is 10.3 Å². The van der Waals surface area contributed by atoms with Crippen molar-refractivity contribution in [3.8, 4) is 0 Å². The Labute approximate surface area is 133 Å². The maximum Gasteiger partial charge on any atom is 0.273 e. The molecule has 116 valence electrons. The van der Waals surface area contributed by atoms with Crippen molar-refractivity contribution >= 4 is 29.2 Å². The Balaban J connectivity index is 2.22. The standard InChI is InChI=1S/C15H17ClN4O2/c1-4-20-9-11(16)8-12(20)14(21)18-13-7-10(5-6-17-13)15(22)19(2)3/h5-9H,4H2,1-3H3,(H,17,18,21). The molecule has 0 saturated heterocycles. The van der Waals surface area contributed by atoms with Crippen LogP contribution in [0.3, 0.4) is 0 Å². The molecule has 0 aromatic carbocycles. The van der Waals surface area contributed by atoms with Gasteiger partial charge in [0.1, 0.15) is 11.5 Å². The van der Waals surface area contributed by atoms with Crippen molar-refractivity contribution in [1.82, 2.24) is 14.5 Å². The first-order valence-electron chi connectivity index (χ1n) is 6.77. The van der Waals surface area contributed by atoms with Crippen molar-refractivity contribution in [2.24, 2.45) is 0 Å². The number of nitrogens with one attached hydrogen (secondary N) is 1. The number of carbonyl (C=O) groups excluding carboxylic acids is 2. The second-order valence-electron chi connectivity index (χ2n) is 4.91. The molecular weight excluding hydrogens is 304 g/mol. The zero-order chi connectivity index (χ0) is 16.3. The molecule has 0 fully saturated rings. The summed E-state index contributed by atoms with van der Waals surface area (Å²) >= 11 is 5.93. The monoisotopic (exact) mass is 320 g/mol. The predicted molar refractivity (Wildman–Crippen MR) is 85.3 cm³/mol. The zero-order valence-electron chi connectivity index (χ0n) is 12.6. The summed E-state index contributed by atoms with van der Waals surface area (Å²) in [5.41, 5.74) is 0.901. The maximum atomic E-state index is 12.3. The zero-order valence-corrected chi connectivity index (χ0v) is 13.4. The third kappa shape index (κ3) is 3.46. The average Bonchev–Trinajstić information content (AvgIpc) is 2.87. The number of aromatic nitrogens is 2. The molecule has 7 heteroatoms. The van der Waals surface area contributed by atoms with Crippen LogP contribution in [0.1, 0.15) is 27.8 Å². The Hall–Kier alpha value is -2.34. The lowest BCUT2D eigenvalue weighted by atomic mass is 10.2. The Kier molecular flexibility index (Phi) is 4.82. The van der Waals surface area contributed by atoms with Crippen LogP contribution in [0.4, 0.5) is 5.82 Å². The van der Waals surface area contributed by atoms with E-state index in [0.29, 0.717) is 28.6 Å². The van der Waals surface area contributed by atoms with E-state index in [0.717, 1.165) is 0 Å². The number of pyridine rings is 1. The van der Waals surface area contributed by atoms with Gasteiger partial charge in [-0.15, -0.1) is 0 Å². The molecule has 0 radical (unpaired) electrons. The van der Waals surface area contributed by atoms with Crippen molar-refractivity contribution in [2.45, 2.75) is 13.5 Å². The third-order valence-corrected chi connectivity index (χ3v) is 3.30. The van der Waals surface area contributed by atoms with Crippen LogP contribution < -0.4 is 5.32 Å². The van der Waals surface area contributed by atoms with Gasteiger partial charge in [-0.1, -0.05) is 11.6 Å². The molecule has 0 unspecified atom stereocenters. The Morgan fingerprint density at radius 3 is 2.73 bits per heavy atom. The fourth-order valence-corrected chi connectivity index (χ4v) is 2.22. The first kappa shape index (κ1) is 16.0. The summed E-state index contributed by atoms with van der Waals surface area (Å²) in [4.78, 5) is 29.7. The van der Waals surface area contributed by atoms with E-state index in [1.165, 1.54) is 11.1 Å². The van der Waals surface area contributed by atoms with Gasteiger partial charge in [-0.05, 0) is 25.1 Å². The number of hydrogen-bond donors (Lipinski definition) is 1. The van der Waals surface area contributed by atoms with Crippen LogP contribution >= 0.6 is 11.6 Å². The van der Waals surface area contributed by atoms with Gasteiger partial charge in [-0.25, -0.2) is 4.98 Å². The minimum atomic E-state index is -0.323. The minimum absolute atomic E-state index is 0.155. The molecule has 2 heterocycles. The first-order valence-corrected chi connectivity index (χ1v) is 7.15. The predicted octanol–water partition coefficient (Wildman–Crippen LogP) is 2.51. The van der Waals surface area contributed by atoms with Gasteiger partial charge in [-0.2, -0.15) is 0 Å². The van der Waals surface area contributed by atoms with Crippen LogP contribution in [0, 0.1) is 0 Å². The molecule has 2 rings (SSSR count). The minimum Gasteiger partial charge on any atom is -0.345 e. The first-order chi connectivity index (χ1) is 10.4. The van der Waals surface area contributed by atoms with Gasteiger partial charge in [0.05, 0.1) is 5.02 Å². The van der Waals surface area contributed by atoms with Crippen LogP contribution in [-0.4, -0.2) is 40.4 Å². The number of aryl methyl sites for hydroxylation is 1. The molecule has 2 amide bonds. The van der Waals surface area contributed by atoms with Crippen molar-refractivity contribution in [3.63, 3.8) is 0 Å². The molecule has 0 atom stereocenters. The number of amides is 2. The maximum absolute atomic E-state index is 12.3. The lowest BCUT2D eigenvalue weighted by Gasteiger charge is -2.11. The summed E-state index contributed by atoms with van der Waals surface area (Å²) in [6, 6.07) is 4.74. The lowest BCUT2D eigenvalue weighted by Crippen LogP contribution is -2.22. The van der Waals surface area contributed by atoms with Gasteiger partial charge in [0.2, 0.25) is 0 Å². The van der Waals surface area contributed by atoms with Crippen molar-refractivity contribution in [2.75, 3.05) is 19.4 Å². The van der Waals surface area contributed by atoms with Gasteiger partial charge in [0.25, 0.3) is 11.8 Å². The van der Waals surface area contributed by atoms with Crippen LogP contribution in [0.5, 0.6) is 0 Å². The Morgan fingerprint density at radius 1 is 1.36 bits per heavy atom. The fraction of sp³-hybridized carbons (Fsp3) is 0.267. The molecule has 6 nitrogen and oxygen atoms in total. The second-order valence-corrected chi connectivity index (χ2v) is 5.35. The largest absolute Gasteiger partial charge is 0.345 e. The summed E-state index contributed by atoms with van der Waals surface area (Å²) in [5, 5.41) is 3.18. The number of anilines is 1. The molecule has 0 bridgehead atoms. The molecule has 2 aromatic heterocycles. The number of rotatable bonds is 4. The van der Waals surface area contributed by atoms with Crippen LogP contribution in [0.2, 0.25) is 5.02 Å². The van der Waals surface area contributed by atoms with E-state index < -0.39 is 0 Å². The highest BCUT2D eigenvalue weighted by Crippen LogP contribution is 2.16. The van der Waals surface area contributed by atoms with Gasteiger partial charge in [0.15, 0.2) is 0 Å². The molecular formula is C15H17ClN4O2. The van der Waals surface area contributed by atoms with Crippen LogP contribution in [0.25, 0.3) is 0 Å². The van der Waals surface area contributed by atoms with E-state index in [1.54, 1.807) is 43.1 Å². The highest BCUT2D eigenvalue weighted by atomic mass is 35.5.